The molecule has 64 valence electrons. The Hall–Kier alpha value is -1.69. The second-order valence-corrected chi connectivity index (χ2v) is 2.03. The first-order valence-corrected chi connectivity index (χ1v) is 3.32. The smallest absolute Gasteiger partial charge is 0.329 e. The van der Waals surface area contributed by atoms with Gasteiger partial charge in [0.1, 0.15) is 6.33 Å². The summed E-state index contributed by atoms with van der Waals surface area (Å²) in [6, 6.07) is 1.27. The van der Waals surface area contributed by atoms with E-state index in [-0.39, 0.29) is 0 Å². The number of rotatable bonds is 2. The lowest BCUT2D eigenvalue weighted by Gasteiger charge is -2.01. The molecular weight excluding hydrogens is 158 g/mol. The van der Waals surface area contributed by atoms with Gasteiger partial charge in [0.15, 0.2) is 0 Å². The summed E-state index contributed by atoms with van der Waals surface area (Å²) in [6.45, 7) is 0.339. The van der Waals surface area contributed by atoms with Gasteiger partial charge in [0.2, 0.25) is 0 Å². The molecule has 0 spiro atoms. The highest BCUT2D eigenvalue weighted by atomic mass is 16.2. The van der Waals surface area contributed by atoms with Gasteiger partial charge in [-0.15, -0.1) is 0 Å². The van der Waals surface area contributed by atoms with Crippen LogP contribution in [0.1, 0.15) is 5.69 Å². The highest BCUT2D eigenvalue weighted by Gasteiger charge is 1.96. The van der Waals surface area contributed by atoms with Gasteiger partial charge in [0.25, 0.3) is 0 Å². The first-order valence-electron chi connectivity index (χ1n) is 3.32. The maximum atomic E-state index is 10.6. The van der Waals surface area contributed by atoms with E-state index in [9.17, 15) is 4.79 Å². The molecule has 6 nitrogen and oxygen atoms in total. The van der Waals surface area contributed by atoms with Gasteiger partial charge in [-0.25, -0.2) is 20.6 Å². The highest BCUT2D eigenvalue weighted by molar-refractivity contribution is 5.72. The Bertz CT molecular complexity index is 249. The molecule has 0 saturated carbocycles. The molecule has 0 aliphatic carbocycles. The molecule has 1 heterocycles. The molecule has 0 aromatic carbocycles. The Labute approximate surface area is 69.2 Å². The van der Waals surface area contributed by atoms with Gasteiger partial charge in [-0.05, 0) is 6.07 Å². The fraction of sp³-hybridized carbons (Fsp3) is 0.167. The predicted molar refractivity (Wildman–Crippen MR) is 41.6 cm³/mol. The van der Waals surface area contributed by atoms with Crippen LogP contribution in [-0.2, 0) is 6.54 Å². The van der Waals surface area contributed by atoms with E-state index in [0.29, 0.717) is 6.54 Å². The fourth-order valence-corrected chi connectivity index (χ4v) is 0.645. The number of hydrogen-bond acceptors (Lipinski definition) is 4. The largest absolute Gasteiger partial charge is 0.331 e. The van der Waals surface area contributed by atoms with Crippen LogP contribution in [0.4, 0.5) is 4.79 Å². The molecule has 1 aromatic rings. The Balaban J connectivity index is 2.38. The molecule has 0 saturated heterocycles. The maximum Gasteiger partial charge on any atom is 0.329 e. The topological polar surface area (TPSA) is 92.9 Å². The number of urea groups is 1. The minimum absolute atomic E-state index is 0.339. The molecular formula is C6H9N5O. The van der Waals surface area contributed by atoms with Crippen LogP contribution in [0.3, 0.4) is 0 Å². The van der Waals surface area contributed by atoms with Crippen LogP contribution >= 0.6 is 0 Å². The number of aromatic nitrogens is 2. The minimum atomic E-state index is -0.436. The van der Waals surface area contributed by atoms with Crippen molar-refractivity contribution in [2.45, 2.75) is 6.54 Å². The number of hydrazine groups is 1. The first-order chi connectivity index (χ1) is 5.83. The van der Waals surface area contributed by atoms with Crippen molar-refractivity contribution in [3.63, 3.8) is 0 Å². The zero-order chi connectivity index (χ0) is 8.81. The lowest BCUT2D eigenvalue weighted by molar-refractivity contribution is 0.240. The summed E-state index contributed by atoms with van der Waals surface area (Å²) in [7, 11) is 0. The third-order valence-corrected chi connectivity index (χ3v) is 1.20. The molecule has 0 bridgehead atoms. The average molecular weight is 167 g/mol. The Morgan fingerprint density at radius 3 is 3.08 bits per heavy atom. The van der Waals surface area contributed by atoms with Gasteiger partial charge in [0, 0.05) is 6.20 Å². The van der Waals surface area contributed by atoms with Crippen molar-refractivity contribution < 1.29 is 4.79 Å². The summed E-state index contributed by atoms with van der Waals surface area (Å²) >= 11 is 0. The molecule has 0 aliphatic rings. The van der Waals surface area contributed by atoms with Crippen molar-refractivity contribution >= 4 is 6.03 Å². The Kier molecular flexibility index (Phi) is 2.97. The van der Waals surface area contributed by atoms with Gasteiger partial charge >= 0.3 is 6.03 Å². The van der Waals surface area contributed by atoms with E-state index in [1.807, 2.05) is 5.43 Å². The molecule has 0 radical (unpaired) electrons. The number of amides is 2. The molecule has 4 N–H and O–H groups in total. The van der Waals surface area contributed by atoms with Gasteiger partial charge in [-0.3, -0.25) is 5.43 Å². The van der Waals surface area contributed by atoms with Crippen LogP contribution in [0, 0.1) is 0 Å². The van der Waals surface area contributed by atoms with E-state index in [0.717, 1.165) is 5.69 Å². The number of nitrogens with zero attached hydrogens (tertiary/aromatic N) is 2. The summed E-state index contributed by atoms with van der Waals surface area (Å²) in [4.78, 5) is 18.2. The normalized spacial score (nSPS) is 9.08. The molecule has 0 fully saturated rings. The van der Waals surface area contributed by atoms with Gasteiger partial charge in [-0.2, -0.15) is 0 Å². The zero-order valence-electron chi connectivity index (χ0n) is 6.32. The lowest BCUT2D eigenvalue weighted by atomic mass is 10.4. The molecule has 0 unspecified atom stereocenters. The molecule has 12 heavy (non-hydrogen) atoms. The number of carbonyl (C=O) groups is 1. The van der Waals surface area contributed by atoms with E-state index in [1.54, 1.807) is 12.3 Å². The van der Waals surface area contributed by atoms with Crippen LogP contribution in [-0.4, -0.2) is 16.0 Å². The summed E-state index contributed by atoms with van der Waals surface area (Å²) in [5, 5.41) is 2.48. The van der Waals surface area contributed by atoms with E-state index >= 15 is 0 Å². The van der Waals surface area contributed by atoms with Crippen LogP contribution in [0.2, 0.25) is 0 Å². The van der Waals surface area contributed by atoms with Crippen molar-refractivity contribution in [3.8, 4) is 0 Å². The summed E-state index contributed by atoms with van der Waals surface area (Å²) < 4.78 is 0. The molecule has 0 aliphatic heterocycles. The third kappa shape index (κ3) is 2.51. The maximum absolute atomic E-state index is 10.6. The van der Waals surface area contributed by atoms with Gasteiger partial charge < -0.3 is 5.32 Å². The van der Waals surface area contributed by atoms with Crippen LogP contribution in [0.25, 0.3) is 0 Å². The monoisotopic (exact) mass is 167 g/mol. The van der Waals surface area contributed by atoms with E-state index in [1.165, 1.54) is 6.33 Å². The van der Waals surface area contributed by atoms with Crippen molar-refractivity contribution in [2.24, 2.45) is 5.84 Å². The molecule has 0 atom stereocenters. The number of carbonyl (C=O) groups excluding carboxylic acids is 1. The van der Waals surface area contributed by atoms with Gasteiger partial charge in [-0.1, -0.05) is 0 Å². The van der Waals surface area contributed by atoms with Crippen molar-refractivity contribution in [1.29, 1.82) is 0 Å². The molecule has 6 heteroatoms. The first kappa shape index (κ1) is 8.41. The second-order valence-electron chi connectivity index (χ2n) is 2.03. The number of nitrogens with one attached hydrogen (secondary N) is 2. The summed E-state index contributed by atoms with van der Waals surface area (Å²) in [5.74, 6) is 4.84. The van der Waals surface area contributed by atoms with Crippen LogP contribution in [0.5, 0.6) is 0 Å². The van der Waals surface area contributed by atoms with E-state index in [4.69, 9.17) is 5.84 Å². The molecule has 1 aromatic heterocycles. The van der Waals surface area contributed by atoms with Crippen LogP contribution in [0.15, 0.2) is 18.6 Å². The fourth-order valence-electron chi connectivity index (χ4n) is 0.645. The third-order valence-electron chi connectivity index (χ3n) is 1.20. The molecule has 2 amide bonds. The quantitative estimate of drug-likeness (QED) is 0.304. The minimum Gasteiger partial charge on any atom is -0.331 e. The van der Waals surface area contributed by atoms with Gasteiger partial charge in [0.05, 0.1) is 12.2 Å². The highest BCUT2D eigenvalue weighted by Crippen LogP contribution is 1.88. The SMILES string of the molecule is NNC(=O)NCc1ccncn1. The summed E-state index contributed by atoms with van der Waals surface area (Å²) in [6.07, 6.45) is 3.02. The van der Waals surface area contributed by atoms with Crippen LogP contribution < -0.4 is 16.6 Å². The summed E-state index contributed by atoms with van der Waals surface area (Å²) in [5.41, 5.74) is 2.67. The van der Waals surface area contributed by atoms with E-state index in [2.05, 4.69) is 15.3 Å². The van der Waals surface area contributed by atoms with E-state index < -0.39 is 6.03 Å². The standard InChI is InChI=1S/C6H9N5O/c7-11-6(12)9-3-5-1-2-8-4-10-5/h1-2,4H,3,7H2,(H2,9,11,12). The Morgan fingerprint density at radius 1 is 1.67 bits per heavy atom. The number of nitrogens with two attached hydrogens (primary N) is 1. The zero-order valence-corrected chi connectivity index (χ0v) is 6.32. The van der Waals surface area contributed by atoms with Crippen molar-refractivity contribution in [1.82, 2.24) is 20.7 Å². The van der Waals surface area contributed by atoms with Crippen molar-refractivity contribution in [2.75, 3.05) is 0 Å². The Morgan fingerprint density at radius 2 is 2.50 bits per heavy atom. The number of hydrogen-bond donors (Lipinski definition) is 3. The molecule has 1 rings (SSSR count). The lowest BCUT2D eigenvalue weighted by Crippen LogP contribution is -2.39. The predicted octanol–water partition coefficient (Wildman–Crippen LogP) is -0.851. The van der Waals surface area contributed by atoms with Crippen molar-refractivity contribution in [3.05, 3.63) is 24.3 Å². The second kappa shape index (κ2) is 4.24. The average Bonchev–Trinajstić information content (AvgIpc) is 2.16.